The van der Waals surface area contributed by atoms with Crippen LogP contribution in [0.4, 0.5) is 0 Å². The Morgan fingerprint density at radius 3 is 2.42 bits per heavy atom. The van der Waals surface area contributed by atoms with E-state index in [1.807, 2.05) is 31.2 Å². The number of benzene rings is 2. The summed E-state index contributed by atoms with van der Waals surface area (Å²) in [7, 11) is 0. The lowest BCUT2D eigenvalue weighted by atomic mass is 10.2. The predicted octanol–water partition coefficient (Wildman–Crippen LogP) is 3.21. The maximum Gasteiger partial charge on any atom is 0.316 e. The molecular formula is C22H19ClN4O4. The molecule has 0 amide bonds. The summed E-state index contributed by atoms with van der Waals surface area (Å²) in [4.78, 5) is 29.4. The van der Waals surface area contributed by atoms with Crippen molar-refractivity contribution in [3.63, 3.8) is 0 Å². The first-order valence-electron chi connectivity index (χ1n) is 9.63. The fourth-order valence-corrected chi connectivity index (χ4v) is 3.18. The third kappa shape index (κ3) is 4.75. The van der Waals surface area contributed by atoms with Crippen molar-refractivity contribution in [1.82, 2.24) is 19.3 Å². The van der Waals surface area contributed by atoms with Crippen molar-refractivity contribution in [3.05, 3.63) is 98.1 Å². The first kappa shape index (κ1) is 20.6. The molecule has 31 heavy (non-hydrogen) atoms. The highest BCUT2D eigenvalue weighted by Gasteiger charge is 2.12. The van der Waals surface area contributed by atoms with Crippen molar-refractivity contribution >= 4 is 11.6 Å². The molecule has 0 saturated heterocycles. The van der Waals surface area contributed by atoms with E-state index in [-0.39, 0.29) is 19.0 Å². The van der Waals surface area contributed by atoms with Gasteiger partial charge in [-0.25, -0.2) is 0 Å². The number of ether oxygens (including phenoxy) is 1. The molecule has 0 unspecified atom stereocenters. The molecule has 0 spiro atoms. The Labute approximate surface area is 182 Å². The SMILES string of the molecule is CCOc1cccc(-c2noc(Cn3ccn(Cc4ccc(Cl)cc4)c(=O)c3=O)n2)c1. The first-order valence-corrected chi connectivity index (χ1v) is 10.0. The van der Waals surface area contributed by atoms with Gasteiger partial charge in [0.15, 0.2) is 0 Å². The monoisotopic (exact) mass is 438 g/mol. The van der Waals surface area contributed by atoms with Gasteiger partial charge in [0.2, 0.25) is 11.7 Å². The van der Waals surface area contributed by atoms with Gasteiger partial charge in [-0.05, 0) is 36.8 Å². The van der Waals surface area contributed by atoms with E-state index < -0.39 is 11.1 Å². The van der Waals surface area contributed by atoms with Gasteiger partial charge in [-0.3, -0.25) is 14.2 Å². The van der Waals surface area contributed by atoms with E-state index in [1.54, 1.807) is 30.5 Å². The van der Waals surface area contributed by atoms with Crippen LogP contribution in [-0.4, -0.2) is 25.9 Å². The van der Waals surface area contributed by atoms with Crippen LogP contribution in [0, 0.1) is 0 Å². The van der Waals surface area contributed by atoms with Crippen LogP contribution in [0.1, 0.15) is 18.4 Å². The highest BCUT2D eigenvalue weighted by atomic mass is 35.5. The van der Waals surface area contributed by atoms with Gasteiger partial charge >= 0.3 is 11.1 Å². The van der Waals surface area contributed by atoms with Gasteiger partial charge in [-0.2, -0.15) is 4.98 Å². The minimum atomic E-state index is -0.672. The molecule has 0 radical (unpaired) electrons. The van der Waals surface area contributed by atoms with Crippen LogP contribution in [0.25, 0.3) is 11.4 Å². The fraction of sp³-hybridized carbons (Fsp3) is 0.182. The zero-order valence-corrected chi connectivity index (χ0v) is 17.5. The summed E-state index contributed by atoms with van der Waals surface area (Å²) in [6.45, 7) is 2.72. The van der Waals surface area contributed by atoms with Crippen molar-refractivity contribution in [2.24, 2.45) is 0 Å². The average Bonchev–Trinajstić information content (AvgIpc) is 3.24. The van der Waals surface area contributed by atoms with Crippen LogP contribution >= 0.6 is 11.6 Å². The van der Waals surface area contributed by atoms with Crippen molar-refractivity contribution in [2.75, 3.05) is 6.61 Å². The summed E-state index contributed by atoms with van der Waals surface area (Å²) >= 11 is 5.88. The molecule has 4 aromatic rings. The normalized spacial score (nSPS) is 10.9. The summed E-state index contributed by atoms with van der Waals surface area (Å²) in [6.07, 6.45) is 3.08. The van der Waals surface area contributed by atoms with Crippen LogP contribution in [0.15, 0.2) is 75.0 Å². The molecule has 2 aromatic heterocycles. The minimum Gasteiger partial charge on any atom is -0.494 e. The standard InChI is InChI=1S/C22H19ClN4O4/c1-2-30-18-5-3-4-16(12-18)20-24-19(31-25-20)14-27-11-10-26(21(28)22(27)29)13-15-6-8-17(23)9-7-15/h3-12H,2,13-14H2,1H3. The highest BCUT2D eigenvalue weighted by Crippen LogP contribution is 2.21. The molecule has 0 aliphatic carbocycles. The number of rotatable bonds is 7. The third-order valence-corrected chi connectivity index (χ3v) is 4.83. The van der Waals surface area contributed by atoms with Crippen molar-refractivity contribution in [3.8, 4) is 17.1 Å². The number of hydrogen-bond acceptors (Lipinski definition) is 6. The summed E-state index contributed by atoms with van der Waals surface area (Å²) in [6, 6.07) is 14.4. The number of nitrogens with zero attached hydrogens (tertiary/aromatic N) is 4. The molecule has 0 aliphatic heterocycles. The van der Waals surface area contributed by atoms with E-state index in [0.717, 1.165) is 11.1 Å². The molecule has 4 rings (SSSR count). The van der Waals surface area contributed by atoms with Crippen LogP contribution in [-0.2, 0) is 13.1 Å². The van der Waals surface area contributed by atoms with Gasteiger partial charge < -0.3 is 13.8 Å². The summed E-state index contributed by atoms with van der Waals surface area (Å²) in [5.41, 5.74) is 0.280. The quantitative estimate of drug-likeness (QED) is 0.411. The van der Waals surface area contributed by atoms with E-state index in [0.29, 0.717) is 23.2 Å². The molecule has 0 atom stereocenters. The summed E-state index contributed by atoms with van der Waals surface area (Å²) in [5.74, 6) is 1.29. The van der Waals surface area contributed by atoms with Gasteiger partial charge in [0.1, 0.15) is 12.3 Å². The maximum absolute atomic E-state index is 12.5. The Morgan fingerprint density at radius 2 is 1.71 bits per heavy atom. The van der Waals surface area contributed by atoms with Gasteiger partial charge in [-0.1, -0.05) is 41.0 Å². The maximum atomic E-state index is 12.5. The molecule has 2 heterocycles. The van der Waals surface area contributed by atoms with Gasteiger partial charge in [0.05, 0.1) is 13.2 Å². The average molecular weight is 439 g/mol. The van der Waals surface area contributed by atoms with E-state index >= 15 is 0 Å². The number of hydrogen-bond donors (Lipinski definition) is 0. The Balaban J connectivity index is 1.53. The van der Waals surface area contributed by atoms with Crippen LogP contribution < -0.4 is 15.9 Å². The number of aromatic nitrogens is 4. The van der Waals surface area contributed by atoms with E-state index in [4.69, 9.17) is 20.9 Å². The highest BCUT2D eigenvalue weighted by molar-refractivity contribution is 6.30. The third-order valence-electron chi connectivity index (χ3n) is 4.57. The largest absolute Gasteiger partial charge is 0.494 e. The Hall–Kier alpha value is -3.65. The van der Waals surface area contributed by atoms with E-state index in [9.17, 15) is 9.59 Å². The van der Waals surface area contributed by atoms with Crippen LogP contribution in [0.2, 0.25) is 5.02 Å². The molecule has 0 saturated carbocycles. The zero-order valence-electron chi connectivity index (χ0n) is 16.7. The Kier molecular flexibility index (Phi) is 5.99. The lowest BCUT2D eigenvalue weighted by molar-refractivity contribution is 0.340. The number of halogens is 1. The van der Waals surface area contributed by atoms with Crippen LogP contribution in [0.5, 0.6) is 5.75 Å². The second kappa shape index (κ2) is 9.01. The van der Waals surface area contributed by atoms with E-state index in [1.165, 1.54) is 15.3 Å². The first-order chi connectivity index (χ1) is 15.0. The van der Waals surface area contributed by atoms with Gasteiger partial charge in [0.25, 0.3) is 0 Å². The van der Waals surface area contributed by atoms with Gasteiger partial charge in [-0.15, -0.1) is 0 Å². The van der Waals surface area contributed by atoms with Crippen LogP contribution in [0.3, 0.4) is 0 Å². The zero-order chi connectivity index (χ0) is 21.8. The fourth-order valence-electron chi connectivity index (χ4n) is 3.05. The van der Waals surface area contributed by atoms with Crippen molar-refractivity contribution in [1.29, 1.82) is 0 Å². The second-order valence-corrected chi connectivity index (χ2v) is 7.20. The molecule has 0 fully saturated rings. The summed E-state index contributed by atoms with van der Waals surface area (Å²) in [5, 5.41) is 4.57. The Morgan fingerprint density at radius 1 is 1.00 bits per heavy atom. The molecule has 158 valence electrons. The van der Waals surface area contributed by atoms with E-state index in [2.05, 4.69) is 10.1 Å². The lowest BCUT2D eigenvalue weighted by Crippen LogP contribution is -2.40. The van der Waals surface area contributed by atoms with Crippen molar-refractivity contribution in [2.45, 2.75) is 20.0 Å². The summed E-state index contributed by atoms with van der Waals surface area (Å²) < 4.78 is 13.3. The van der Waals surface area contributed by atoms with Gasteiger partial charge in [0, 0.05) is 23.0 Å². The Bertz CT molecular complexity index is 1310. The predicted molar refractivity (Wildman–Crippen MR) is 116 cm³/mol. The molecular weight excluding hydrogens is 420 g/mol. The smallest absolute Gasteiger partial charge is 0.316 e. The molecule has 9 heteroatoms. The second-order valence-electron chi connectivity index (χ2n) is 6.76. The molecule has 8 nitrogen and oxygen atoms in total. The molecule has 0 aliphatic rings. The molecule has 0 bridgehead atoms. The minimum absolute atomic E-state index is 0.00594. The molecule has 0 N–H and O–H groups in total. The molecule has 2 aromatic carbocycles. The van der Waals surface area contributed by atoms with Crippen molar-refractivity contribution < 1.29 is 9.26 Å². The lowest BCUT2D eigenvalue weighted by Gasteiger charge is -2.08. The topological polar surface area (TPSA) is 92.2 Å².